The third kappa shape index (κ3) is 3.38. The fraction of sp³-hybridized carbons (Fsp3) is 0. The molecule has 0 spiro atoms. The number of nitrogens with one attached hydrogen (secondary N) is 1. The molecular formula is C13H9BrN2O3. The monoisotopic (exact) mass is 320 g/mol. The maximum atomic E-state index is 11.9. The minimum atomic E-state index is -1.14. The van der Waals surface area contributed by atoms with Crippen LogP contribution in [-0.2, 0) is 0 Å². The van der Waals surface area contributed by atoms with Gasteiger partial charge >= 0.3 is 5.97 Å². The molecule has 0 unspecified atom stereocenters. The van der Waals surface area contributed by atoms with Gasteiger partial charge in [0.25, 0.3) is 5.91 Å². The number of nitrogens with zero attached hydrogens (tertiary/aromatic N) is 1. The van der Waals surface area contributed by atoms with Gasteiger partial charge in [-0.1, -0.05) is 22.0 Å². The summed E-state index contributed by atoms with van der Waals surface area (Å²) in [7, 11) is 0. The second kappa shape index (κ2) is 5.62. The Morgan fingerprint density at radius 2 is 2.00 bits per heavy atom. The first kappa shape index (κ1) is 13.2. The number of aromatic nitrogens is 1. The van der Waals surface area contributed by atoms with Crippen molar-refractivity contribution in [3.05, 3.63) is 58.3 Å². The van der Waals surface area contributed by atoms with E-state index in [4.69, 9.17) is 5.11 Å². The highest BCUT2D eigenvalue weighted by atomic mass is 79.9. The van der Waals surface area contributed by atoms with E-state index in [1.165, 1.54) is 18.3 Å². The van der Waals surface area contributed by atoms with Crippen LogP contribution in [0.4, 0.5) is 5.69 Å². The molecular weight excluding hydrogens is 312 g/mol. The minimum Gasteiger partial charge on any atom is -0.477 e. The average molecular weight is 321 g/mol. The van der Waals surface area contributed by atoms with Crippen molar-refractivity contribution >= 4 is 33.5 Å². The van der Waals surface area contributed by atoms with Crippen LogP contribution < -0.4 is 5.32 Å². The van der Waals surface area contributed by atoms with Crippen LogP contribution in [0.2, 0.25) is 0 Å². The van der Waals surface area contributed by atoms with Crippen molar-refractivity contribution in [3.63, 3.8) is 0 Å². The lowest BCUT2D eigenvalue weighted by atomic mass is 10.2. The van der Waals surface area contributed by atoms with E-state index in [0.717, 1.165) is 4.47 Å². The number of carbonyl (C=O) groups excluding carboxylic acids is 1. The molecule has 6 heteroatoms. The van der Waals surface area contributed by atoms with Crippen molar-refractivity contribution in [3.8, 4) is 0 Å². The number of carbonyl (C=O) groups is 2. The van der Waals surface area contributed by atoms with E-state index >= 15 is 0 Å². The van der Waals surface area contributed by atoms with Crippen molar-refractivity contribution in [1.29, 1.82) is 0 Å². The zero-order valence-electron chi connectivity index (χ0n) is 9.63. The third-order valence-corrected chi connectivity index (χ3v) is 2.82. The first-order valence-electron chi connectivity index (χ1n) is 5.32. The molecule has 0 bridgehead atoms. The van der Waals surface area contributed by atoms with Crippen LogP contribution in [0, 0.1) is 0 Å². The quantitative estimate of drug-likeness (QED) is 0.911. The molecule has 1 aromatic heterocycles. The van der Waals surface area contributed by atoms with Gasteiger partial charge in [-0.15, -0.1) is 0 Å². The predicted octanol–water partition coefficient (Wildman–Crippen LogP) is 2.79. The van der Waals surface area contributed by atoms with Crippen molar-refractivity contribution in [2.45, 2.75) is 0 Å². The largest absolute Gasteiger partial charge is 0.477 e. The van der Waals surface area contributed by atoms with E-state index in [1.807, 2.05) is 6.07 Å². The van der Waals surface area contributed by atoms with Gasteiger partial charge in [-0.2, -0.15) is 0 Å². The van der Waals surface area contributed by atoms with Crippen molar-refractivity contribution < 1.29 is 14.7 Å². The second-order valence-electron chi connectivity index (χ2n) is 3.70. The summed E-state index contributed by atoms with van der Waals surface area (Å²) < 4.78 is 0.793. The molecule has 0 aliphatic heterocycles. The lowest BCUT2D eigenvalue weighted by Gasteiger charge is -2.06. The summed E-state index contributed by atoms with van der Waals surface area (Å²) in [5.74, 6) is -1.46. The van der Waals surface area contributed by atoms with Crippen molar-refractivity contribution in [2.24, 2.45) is 0 Å². The van der Waals surface area contributed by atoms with E-state index in [9.17, 15) is 9.59 Å². The Balaban J connectivity index is 2.19. The average Bonchev–Trinajstić information content (AvgIpc) is 2.39. The van der Waals surface area contributed by atoms with E-state index in [1.54, 1.807) is 18.2 Å². The fourth-order valence-electron chi connectivity index (χ4n) is 1.46. The fourth-order valence-corrected chi connectivity index (χ4v) is 1.86. The lowest BCUT2D eigenvalue weighted by molar-refractivity contribution is 0.0690. The molecule has 0 saturated heterocycles. The Labute approximate surface area is 117 Å². The Bertz CT molecular complexity index is 643. The third-order valence-electron chi connectivity index (χ3n) is 2.32. The van der Waals surface area contributed by atoms with Crippen LogP contribution in [0.1, 0.15) is 20.8 Å². The molecule has 1 aromatic carbocycles. The van der Waals surface area contributed by atoms with Crippen LogP contribution in [-0.4, -0.2) is 22.0 Å². The molecule has 1 heterocycles. The highest BCUT2D eigenvalue weighted by molar-refractivity contribution is 9.10. The Kier molecular flexibility index (Phi) is 3.91. The summed E-state index contributed by atoms with van der Waals surface area (Å²) in [6, 6.07) is 9.73. The number of hydrogen-bond acceptors (Lipinski definition) is 3. The van der Waals surface area contributed by atoms with Gasteiger partial charge in [-0.05, 0) is 30.3 Å². The number of aromatic carboxylic acids is 1. The highest BCUT2D eigenvalue weighted by Crippen LogP contribution is 2.14. The normalized spacial score (nSPS) is 9.95. The van der Waals surface area contributed by atoms with E-state index in [-0.39, 0.29) is 11.6 Å². The van der Waals surface area contributed by atoms with Crippen molar-refractivity contribution in [2.75, 3.05) is 5.32 Å². The minimum absolute atomic E-state index is 0.118. The van der Waals surface area contributed by atoms with E-state index in [2.05, 4.69) is 26.2 Å². The van der Waals surface area contributed by atoms with Gasteiger partial charge in [0.1, 0.15) is 5.69 Å². The first-order chi connectivity index (χ1) is 9.06. The number of benzene rings is 1. The number of amides is 1. The Hall–Kier alpha value is -2.21. The van der Waals surface area contributed by atoms with Gasteiger partial charge in [-0.3, -0.25) is 4.79 Å². The molecule has 0 aliphatic carbocycles. The molecule has 2 N–H and O–H groups in total. The lowest BCUT2D eigenvalue weighted by Crippen LogP contribution is -2.12. The summed E-state index contributed by atoms with van der Waals surface area (Å²) in [5.41, 5.74) is 0.743. The van der Waals surface area contributed by atoms with Crippen LogP contribution in [0.3, 0.4) is 0 Å². The molecule has 0 aliphatic rings. The molecule has 5 nitrogen and oxygen atoms in total. The number of anilines is 1. The maximum Gasteiger partial charge on any atom is 0.354 e. The molecule has 2 aromatic rings. The number of halogens is 1. The number of rotatable bonds is 3. The summed E-state index contributed by atoms with van der Waals surface area (Å²) in [4.78, 5) is 26.4. The molecule has 0 atom stereocenters. The zero-order valence-corrected chi connectivity index (χ0v) is 11.2. The van der Waals surface area contributed by atoms with Gasteiger partial charge in [0.15, 0.2) is 0 Å². The van der Waals surface area contributed by atoms with Crippen LogP contribution in [0.15, 0.2) is 47.1 Å². The van der Waals surface area contributed by atoms with Gasteiger partial charge in [0.2, 0.25) is 0 Å². The maximum absolute atomic E-state index is 11.9. The molecule has 19 heavy (non-hydrogen) atoms. The number of carboxylic acid groups (broad SMARTS) is 1. The number of pyridine rings is 1. The topological polar surface area (TPSA) is 79.3 Å². The molecule has 0 radical (unpaired) electrons. The summed E-state index contributed by atoms with van der Waals surface area (Å²) in [6.45, 7) is 0. The predicted molar refractivity (Wildman–Crippen MR) is 73.3 cm³/mol. The van der Waals surface area contributed by atoms with Gasteiger partial charge in [-0.25, -0.2) is 9.78 Å². The summed E-state index contributed by atoms with van der Waals surface area (Å²) >= 11 is 3.28. The number of hydrogen-bond donors (Lipinski definition) is 2. The number of carboxylic acids is 1. The molecule has 96 valence electrons. The van der Waals surface area contributed by atoms with Crippen LogP contribution >= 0.6 is 15.9 Å². The smallest absolute Gasteiger partial charge is 0.354 e. The SMILES string of the molecule is O=C(Nc1ccnc(C(=O)O)c1)c1cccc(Br)c1. The van der Waals surface area contributed by atoms with E-state index < -0.39 is 5.97 Å². The Morgan fingerprint density at radius 1 is 1.21 bits per heavy atom. The van der Waals surface area contributed by atoms with Crippen LogP contribution in [0.5, 0.6) is 0 Å². The Morgan fingerprint density at radius 3 is 2.68 bits per heavy atom. The van der Waals surface area contributed by atoms with Gasteiger partial charge in [0.05, 0.1) is 0 Å². The van der Waals surface area contributed by atoms with Gasteiger partial charge in [0, 0.05) is 21.9 Å². The van der Waals surface area contributed by atoms with Crippen LogP contribution in [0.25, 0.3) is 0 Å². The van der Waals surface area contributed by atoms with Gasteiger partial charge < -0.3 is 10.4 Å². The molecule has 2 rings (SSSR count). The molecule has 1 amide bonds. The molecule has 0 fully saturated rings. The summed E-state index contributed by atoms with van der Waals surface area (Å²) in [6.07, 6.45) is 1.33. The summed E-state index contributed by atoms with van der Waals surface area (Å²) in [5, 5.41) is 11.4. The first-order valence-corrected chi connectivity index (χ1v) is 6.12. The standard InChI is InChI=1S/C13H9BrN2O3/c14-9-3-1-2-8(6-9)12(17)16-10-4-5-15-11(7-10)13(18)19/h1-7H,(H,18,19)(H,15,16,17). The second-order valence-corrected chi connectivity index (χ2v) is 4.62. The van der Waals surface area contributed by atoms with Crippen molar-refractivity contribution in [1.82, 2.24) is 4.98 Å². The zero-order chi connectivity index (χ0) is 13.8. The van der Waals surface area contributed by atoms with E-state index in [0.29, 0.717) is 11.3 Å². The highest BCUT2D eigenvalue weighted by Gasteiger charge is 2.09. The molecule has 0 saturated carbocycles.